The van der Waals surface area contributed by atoms with Crippen LogP contribution >= 0.6 is 0 Å². The first-order chi connectivity index (χ1) is 9.42. The highest BCUT2D eigenvalue weighted by molar-refractivity contribution is 6.59. The van der Waals surface area contributed by atoms with E-state index in [0.717, 1.165) is 5.56 Å². The van der Waals surface area contributed by atoms with Crippen molar-refractivity contribution >= 4 is 8.80 Å². The summed E-state index contributed by atoms with van der Waals surface area (Å²) in [6.07, 6.45) is -1.05. The van der Waals surface area contributed by atoms with Gasteiger partial charge in [0, 0.05) is 15.4 Å². The van der Waals surface area contributed by atoms with Crippen molar-refractivity contribution in [3.05, 3.63) is 35.9 Å². The van der Waals surface area contributed by atoms with E-state index in [9.17, 15) is 4.39 Å². The molecule has 1 unspecified atom stereocenters. The van der Waals surface area contributed by atoms with Gasteiger partial charge in [-0.3, -0.25) is 0 Å². The van der Waals surface area contributed by atoms with E-state index in [1.54, 1.807) is 0 Å². The molecule has 0 spiro atoms. The van der Waals surface area contributed by atoms with Gasteiger partial charge in [0.2, 0.25) is 0 Å². The number of ether oxygens (including phenoxy) is 2. The Hall–Kier alpha value is -0.713. The zero-order valence-electron chi connectivity index (χ0n) is 13.1. The molecule has 0 aromatic heterocycles. The van der Waals surface area contributed by atoms with E-state index in [2.05, 4.69) is 26.9 Å². The molecule has 1 aromatic carbocycles. The average Bonchev–Trinajstić information content (AvgIpc) is 2.39. The van der Waals surface area contributed by atoms with Crippen molar-refractivity contribution in [3.63, 3.8) is 0 Å². The number of hydrogen-bond donors (Lipinski definition) is 0. The molecular formula is C16H27FO2Si. The van der Waals surface area contributed by atoms with Crippen LogP contribution in [-0.2, 0) is 16.1 Å². The van der Waals surface area contributed by atoms with Crippen LogP contribution in [0.25, 0.3) is 0 Å². The van der Waals surface area contributed by atoms with Gasteiger partial charge in [0.25, 0.3) is 0 Å². The highest BCUT2D eigenvalue weighted by atomic mass is 28.3. The second-order valence-corrected chi connectivity index (χ2v) is 10.1. The average molecular weight is 298 g/mol. The maximum absolute atomic E-state index is 13.6. The zero-order chi connectivity index (χ0) is 15.0. The Bertz CT molecular complexity index is 368. The summed E-state index contributed by atoms with van der Waals surface area (Å²) < 4.78 is 24.5. The largest absolute Gasteiger partial charge is 0.378 e. The van der Waals surface area contributed by atoms with Crippen molar-refractivity contribution in [2.75, 3.05) is 19.8 Å². The first-order valence-electron chi connectivity index (χ1n) is 7.25. The Kier molecular flexibility index (Phi) is 7.41. The van der Waals surface area contributed by atoms with Crippen LogP contribution in [0.4, 0.5) is 4.39 Å². The molecule has 2 nitrogen and oxygen atoms in total. The van der Waals surface area contributed by atoms with Crippen LogP contribution in [0.5, 0.6) is 0 Å². The van der Waals surface area contributed by atoms with Crippen LogP contribution in [0.15, 0.2) is 30.3 Å². The smallest absolute Gasteiger partial charge is 0.147 e. The molecule has 0 aliphatic carbocycles. The van der Waals surface area contributed by atoms with Gasteiger partial charge in [-0.1, -0.05) is 57.3 Å². The van der Waals surface area contributed by atoms with Gasteiger partial charge >= 0.3 is 0 Å². The molecular weight excluding hydrogens is 271 g/mol. The van der Waals surface area contributed by atoms with Crippen LogP contribution in [0, 0.1) is 0 Å². The third-order valence-corrected chi connectivity index (χ3v) is 7.04. The fourth-order valence-electron chi connectivity index (χ4n) is 1.54. The van der Waals surface area contributed by atoms with E-state index in [-0.39, 0.29) is 18.3 Å². The molecule has 0 radical (unpaired) electrons. The monoisotopic (exact) mass is 298 g/mol. The van der Waals surface area contributed by atoms with Gasteiger partial charge in [0.15, 0.2) is 0 Å². The van der Waals surface area contributed by atoms with E-state index < -0.39 is 15.0 Å². The van der Waals surface area contributed by atoms with Gasteiger partial charge < -0.3 is 9.47 Å². The highest BCUT2D eigenvalue weighted by Gasteiger charge is 2.24. The Labute approximate surface area is 123 Å². The van der Waals surface area contributed by atoms with E-state index in [1.807, 2.05) is 30.3 Å². The van der Waals surface area contributed by atoms with Crippen molar-refractivity contribution in [1.29, 1.82) is 0 Å². The normalized spacial score (nSPS) is 13.7. The van der Waals surface area contributed by atoms with Gasteiger partial charge in [-0.2, -0.15) is 0 Å². The lowest BCUT2D eigenvalue weighted by molar-refractivity contribution is 0.0105. The minimum Gasteiger partial charge on any atom is -0.378 e. The van der Waals surface area contributed by atoms with Crippen LogP contribution in [0.3, 0.4) is 0 Å². The minimum absolute atomic E-state index is 0.0917. The van der Waals surface area contributed by atoms with Crippen molar-refractivity contribution < 1.29 is 13.9 Å². The Morgan fingerprint density at radius 2 is 1.70 bits per heavy atom. The first-order valence-corrected chi connectivity index (χ1v) is 10.1. The minimum atomic E-state index is -1.05. The summed E-state index contributed by atoms with van der Waals surface area (Å²) in [5.41, 5.74) is 1.06. The van der Waals surface area contributed by atoms with Crippen LogP contribution < -0.4 is 0 Å². The molecule has 0 fully saturated rings. The summed E-state index contributed by atoms with van der Waals surface area (Å²) in [6, 6.07) is 9.80. The molecule has 4 heteroatoms. The summed E-state index contributed by atoms with van der Waals surface area (Å²) in [7, 11) is -0.785. The Morgan fingerprint density at radius 1 is 1.10 bits per heavy atom. The third kappa shape index (κ3) is 6.64. The molecule has 1 atom stereocenters. The Balaban J connectivity index is 2.13. The van der Waals surface area contributed by atoms with Crippen LogP contribution in [-0.4, -0.2) is 34.8 Å². The van der Waals surface area contributed by atoms with E-state index in [0.29, 0.717) is 13.2 Å². The fraction of sp³-hybridized carbons (Fsp3) is 0.625. The van der Waals surface area contributed by atoms with Gasteiger partial charge in [0.1, 0.15) is 6.17 Å². The number of halogens is 1. The molecule has 114 valence electrons. The lowest BCUT2D eigenvalue weighted by Crippen LogP contribution is -2.28. The molecule has 1 rings (SSSR count). The molecule has 0 aliphatic rings. The number of benzene rings is 1. The van der Waals surface area contributed by atoms with Crippen molar-refractivity contribution in [2.45, 2.75) is 44.8 Å². The molecule has 0 amide bonds. The quantitative estimate of drug-likeness (QED) is 0.645. The molecule has 0 heterocycles. The fourth-order valence-corrected chi connectivity index (χ4v) is 1.99. The molecule has 0 saturated carbocycles. The predicted octanol–water partition coefficient (Wildman–Crippen LogP) is 3.82. The maximum Gasteiger partial charge on any atom is 0.147 e. The lowest BCUT2D eigenvalue weighted by atomic mass is 10.2. The van der Waals surface area contributed by atoms with E-state index in [1.165, 1.54) is 0 Å². The molecule has 0 saturated heterocycles. The van der Waals surface area contributed by atoms with Crippen molar-refractivity contribution in [1.82, 2.24) is 0 Å². The van der Waals surface area contributed by atoms with Gasteiger partial charge in [0.05, 0.1) is 19.8 Å². The summed E-state index contributed by atoms with van der Waals surface area (Å²) in [5, 5.41) is 0.213. The number of alkyl halides is 1. The SMILES string of the molecule is C[SiH](C)C(C)(C)COCC(F)COCc1ccccc1. The van der Waals surface area contributed by atoms with E-state index >= 15 is 0 Å². The zero-order valence-corrected chi connectivity index (χ0v) is 14.2. The number of rotatable bonds is 9. The maximum atomic E-state index is 13.6. The van der Waals surface area contributed by atoms with Gasteiger partial charge in [-0.15, -0.1) is 0 Å². The second kappa shape index (κ2) is 8.55. The van der Waals surface area contributed by atoms with E-state index in [4.69, 9.17) is 9.47 Å². The third-order valence-electron chi connectivity index (χ3n) is 3.75. The Morgan fingerprint density at radius 3 is 2.30 bits per heavy atom. The molecule has 0 bridgehead atoms. The topological polar surface area (TPSA) is 18.5 Å². The van der Waals surface area contributed by atoms with Crippen LogP contribution in [0.2, 0.25) is 18.1 Å². The predicted molar refractivity (Wildman–Crippen MR) is 84.7 cm³/mol. The summed E-state index contributed by atoms with van der Waals surface area (Å²) >= 11 is 0. The summed E-state index contributed by atoms with van der Waals surface area (Å²) in [6.45, 7) is 10.3. The molecule has 1 aromatic rings. The van der Waals surface area contributed by atoms with Crippen LogP contribution in [0.1, 0.15) is 19.4 Å². The standard InChI is InChI=1S/C16H27FO2Si/c1-16(2,20(3)4)13-19-12-15(17)11-18-10-14-8-6-5-7-9-14/h5-9,15,20H,10-13H2,1-4H3. The second-order valence-electron chi connectivity index (χ2n) is 6.26. The van der Waals surface area contributed by atoms with Gasteiger partial charge in [-0.05, 0) is 10.6 Å². The number of hydrogen-bond acceptors (Lipinski definition) is 2. The van der Waals surface area contributed by atoms with Crippen molar-refractivity contribution in [2.24, 2.45) is 0 Å². The molecule has 20 heavy (non-hydrogen) atoms. The van der Waals surface area contributed by atoms with Gasteiger partial charge in [-0.25, -0.2) is 4.39 Å². The molecule has 0 aliphatic heterocycles. The highest BCUT2D eigenvalue weighted by Crippen LogP contribution is 2.28. The summed E-state index contributed by atoms with van der Waals surface area (Å²) in [5.74, 6) is 0. The molecule has 0 N–H and O–H groups in total. The van der Waals surface area contributed by atoms with Crippen molar-refractivity contribution in [3.8, 4) is 0 Å². The summed E-state index contributed by atoms with van der Waals surface area (Å²) in [4.78, 5) is 0. The first kappa shape index (κ1) is 17.3. The lowest BCUT2D eigenvalue weighted by Gasteiger charge is -2.28.